The number of anilines is 1. The topological polar surface area (TPSA) is 112 Å². The summed E-state index contributed by atoms with van der Waals surface area (Å²) in [5, 5.41) is 12.4. The van der Waals surface area contributed by atoms with Gasteiger partial charge < -0.3 is 10.1 Å². The summed E-state index contributed by atoms with van der Waals surface area (Å²) in [5.74, 6) is 0.231. The Morgan fingerprint density at radius 1 is 1.20 bits per heavy atom. The van der Waals surface area contributed by atoms with Crippen molar-refractivity contribution in [3.05, 3.63) is 42.7 Å². The average Bonchev–Trinajstić information content (AvgIpc) is 3.27. The molecule has 1 N–H and O–H groups in total. The lowest BCUT2D eigenvalue weighted by molar-refractivity contribution is -0.141. The largest absolute Gasteiger partial charge is 0.468 e. The summed E-state index contributed by atoms with van der Waals surface area (Å²) in [6.07, 6.45) is 6.48. The van der Waals surface area contributed by atoms with Gasteiger partial charge >= 0.3 is 5.97 Å². The minimum atomic E-state index is -0.393. The average molecular weight is 338 g/mol. The first-order valence-corrected chi connectivity index (χ1v) is 7.51. The number of ether oxygens (including phenoxy) is 1. The van der Waals surface area contributed by atoms with Crippen LogP contribution < -0.4 is 5.32 Å². The number of hydrogen-bond donors (Lipinski definition) is 1. The second-order valence-electron chi connectivity index (χ2n) is 5.23. The molecule has 4 rings (SSSR count). The van der Waals surface area contributed by atoms with Gasteiger partial charge in [-0.25, -0.2) is 24.1 Å². The molecule has 0 fully saturated rings. The molecule has 0 spiro atoms. The highest BCUT2D eigenvalue weighted by Crippen LogP contribution is 2.19. The first-order valence-electron chi connectivity index (χ1n) is 7.51. The number of carbonyl (C=O) groups is 1. The third-order valence-electron chi connectivity index (χ3n) is 3.75. The summed E-state index contributed by atoms with van der Waals surface area (Å²) < 4.78 is 7.90. The highest BCUT2D eigenvalue weighted by molar-refractivity contribution is 5.86. The molecule has 4 aromatic heterocycles. The number of hydrogen-bond acceptors (Lipinski definition) is 8. The maximum atomic E-state index is 11.5. The summed E-state index contributed by atoms with van der Waals surface area (Å²) in [4.78, 5) is 24.2. The third kappa shape index (κ3) is 2.73. The Bertz CT molecular complexity index is 1050. The molecule has 0 bridgehead atoms. The Kier molecular flexibility index (Phi) is 3.69. The molecule has 10 heteroatoms. The number of carbonyl (C=O) groups excluding carboxylic acids is 1. The number of fused-ring (bicyclic) bond motifs is 2. The van der Waals surface area contributed by atoms with E-state index in [0.717, 1.165) is 16.7 Å². The fourth-order valence-corrected chi connectivity index (χ4v) is 2.53. The predicted octanol–water partition coefficient (Wildman–Crippen LogP) is 0.654. The zero-order valence-electron chi connectivity index (χ0n) is 13.3. The molecule has 4 aromatic rings. The van der Waals surface area contributed by atoms with E-state index in [0.29, 0.717) is 18.0 Å². The molecule has 25 heavy (non-hydrogen) atoms. The maximum Gasteiger partial charge on any atom is 0.327 e. The quantitative estimate of drug-likeness (QED) is 0.528. The van der Waals surface area contributed by atoms with Crippen molar-refractivity contribution in [2.45, 2.75) is 13.1 Å². The van der Waals surface area contributed by atoms with Crippen LogP contribution in [-0.2, 0) is 22.6 Å². The summed E-state index contributed by atoms with van der Waals surface area (Å²) in [7, 11) is 1.33. The van der Waals surface area contributed by atoms with E-state index in [2.05, 4.69) is 35.2 Å². The number of aromatic nitrogens is 7. The highest BCUT2D eigenvalue weighted by atomic mass is 16.5. The molecule has 0 amide bonds. The Morgan fingerprint density at radius 2 is 2.12 bits per heavy atom. The van der Waals surface area contributed by atoms with E-state index < -0.39 is 5.97 Å². The Labute approximate surface area is 141 Å². The summed E-state index contributed by atoms with van der Waals surface area (Å²) in [5.41, 5.74) is 2.27. The van der Waals surface area contributed by atoms with Crippen LogP contribution in [0.25, 0.3) is 16.7 Å². The van der Waals surface area contributed by atoms with E-state index in [1.165, 1.54) is 18.1 Å². The van der Waals surface area contributed by atoms with Gasteiger partial charge in [-0.05, 0) is 6.07 Å². The molecule has 0 unspecified atom stereocenters. The van der Waals surface area contributed by atoms with Crippen molar-refractivity contribution in [2.24, 2.45) is 0 Å². The molecule has 126 valence electrons. The van der Waals surface area contributed by atoms with Crippen LogP contribution in [0.3, 0.4) is 0 Å². The predicted molar refractivity (Wildman–Crippen MR) is 87.7 cm³/mol. The van der Waals surface area contributed by atoms with Gasteiger partial charge in [-0.15, -0.1) is 0 Å². The summed E-state index contributed by atoms with van der Waals surface area (Å²) in [6.45, 7) is 0.490. The molecule has 0 radical (unpaired) electrons. The van der Waals surface area contributed by atoms with Gasteiger partial charge in [0.1, 0.15) is 18.7 Å². The molecule has 0 aliphatic heterocycles. The van der Waals surface area contributed by atoms with Gasteiger partial charge in [-0.3, -0.25) is 4.79 Å². The Hall–Kier alpha value is -3.56. The Balaban J connectivity index is 1.61. The van der Waals surface area contributed by atoms with Crippen molar-refractivity contribution in [3.8, 4) is 0 Å². The van der Waals surface area contributed by atoms with Crippen molar-refractivity contribution >= 4 is 28.5 Å². The molecular formula is C15H14N8O2. The van der Waals surface area contributed by atoms with Crippen molar-refractivity contribution < 1.29 is 9.53 Å². The number of nitrogens with one attached hydrogen (secondary N) is 1. The van der Waals surface area contributed by atoms with Gasteiger partial charge in [-0.2, -0.15) is 10.2 Å². The van der Waals surface area contributed by atoms with Crippen LogP contribution >= 0.6 is 0 Å². The standard InChI is InChI=1S/C15H14N8O2/c1-25-13(24)8-22-15-11(7-21-22)14(18-9-19-15)17-6-10-2-4-16-12-3-5-20-23(10)12/h2-5,7,9H,6,8H2,1H3,(H,17,18,19). The third-order valence-corrected chi connectivity index (χ3v) is 3.75. The van der Waals surface area contributed by atoms with Gasteiger partial charge in [0.2, 0.25) is 0 Å². The van der Waals surface area contributed by atoms with E-state index in [1.807, 2.05) is 12.1 Å². The SMILES string of the molecule is COC(=O)Cn1ncc2c(NCc3ccnc4ccnn34)ncnc21. The smallest absolute Gasteiger partial charge is 0.327 e. The normalized spacial score (nSPS) is 11.1. The molecule has 0 atom stereocenters. The van der Waals surface area contributed by atoms with Crippen LogP contribution in [0.4, 0.5) is 5.82 Å². The fraction of sp³-hybridized carbons (Fsp3) is 0.200. The van der Waals surface area contributed by atoms with Gasteiger partial charge in [0.05, 0.1) is 37.1 Å². The van der Waals surface area contributed by atoms with Crippen LogP contribution in [0.5, 0.6) is 0 Å². The number of esters is 1. The summed E-state index contributed by atoms with van der Waals surface area (Å²) in [6, 6.07) is 3.72. The number of nitrogens with zero attached hydrogens (tertiary/aromatic N) is 7. The van der Waals surface area contributed by atoms with Gasteiger partial charge in [0, 0.05) is 12.3 Å². The molecule has 0 aliphatic carbocycles. The molecule has 4 heterocycles. The first kappa shape index (κ1) is 15.0. The van der Waals surface area contributed by atoms with Crippen LogP contribution in [0.15, 0.2) is 37.1 Å². The van der Waals surface area contributed by atoms with E-state index in [4.69, 9.17) is 0 Å². The lowest BCUT2D eigenvalue weighted by atomic mass is 10.3. The zero-order valence-corrected chi connectivity index (χ0v) is 13.3. The molecule has 10 nitrogen and oxygen atoms in total. The molecule has 0 aliphatic rings. The van der Waals surface area contributed by atoms with E-state index >= 15 is 0 Å². The van der Waals surface area contributed by atoms with Crippen molar-refractivity contribution in [1.29, 1.82) is 0 Å². The summed E-state index contributed by atoms with van der Waals surface area (Å²) >= 11 is 0. The van der Waals surface area contributed by atoms with Crippen molar-refractivity contribution in [3.63, 3.8) is 0 Å². The molecule has 0 aromatic carbocycles. The minimum absolute atomic E-state index is 0.00524. The monoisotopic (exact) mass is 338 g/mol. The number of methoxy groups -OCH3 is 1. The van der Waals surface area contributed by atoms with E-state index in [-0.39, 0.29) is 6.54 Å². The molecule has 0 saturated heterocycles. The first-order chi connectivity index (χ1) is 12.3. The van der Waals surface area contributed by atoms with Gasteiger partial charge in [0.25, 0.3) is 0 Å². The van der Waals surface area contributed by atoms with E-state index in [9.17, 15) is 4.79 Å². The van der Waals surface area contributed by atoms with Crippen LogP contribution in [0, 0.1) is 0 Å². The fourth-order valence-electron chi connectivity index (χ4n) is 2.53. The second-order valence-corrected chi connectivity index (χ2v) is 5.23. The zero-order chi connectivity index (χ0) is 17.2. The Morgan fingerprint density at radius 3 is 3.00 bits per heavy atom. The lowest BCUT2D eigenvalue weighted by Gasteiger charge is -2.08. The lowest BCUT2D eigenvalue weighted by Crippen LogP contribution is -2.13. The molecule has 0 saturated carbocycles. The van der Waals surface area contributed by atoms with Crippen molar-refractivity contribution in [1.82, 2.24) is 34.3 Å². The van der Waals surface area contributed by atoms with E-state index in [1.54, 1.807) is 23.1 Å². The van der Waals surface area contributed by atoms with Crippen LogP contribution in [-0.4, -0.2) is 47.4 Å². The highest BCUT2D eigenvalue weighted by Gasteiger charge is 2.13. The van der Waals surface area contributed by atoms with Crippen LogP contribution in [0.2, 0.25) is 0 Å². The van der Waals surface area contributed by atoms with Gasteiger partial charge in [0.15, 0.2) is 11.3 Å². The van der Waals surface area contributed by atoms with Gasteiger partial charge in [-0.1, -0.05) is 0 Å². The van der Waals surface area contributed by atoms with Crippen LogP contribution in [0.1, 0.15) is 5.69 Å². The molecular weight excluding hydrogens is 324 g/mol. The second kappa shape index (κ2) is 6.15. The minimum Gasteiger partial charge on any atom is -0.468 e. The number of rotatable bonds is 5. The van der Waals surface area contributed by atoms with Crippen molar-refractivity contribution in [2.75, 3.05) is 12.4 Å². The maximum absolute atomic E-state index is 11.5.